The van der Waals surface area contributed by atoms with E-state index in [9.17, 15) is 13.2 Å². The fourth-order valence-corrected chi connectivity index (χ4v) is 2.95. The third-order valence-corrected chi connectivity index (χ3v) is 4.48. The van der Waals surface area contributed by atoms with Crippen LogP contribution in [-0.4, -0.2) is 37.5 Å². The van der Waals surface area contributed by atoms with E-state index in [-0.39, 0.29) is 18.5 Å². The second-order valence-corrected chi connectivity index (χ2v) is 6.76. The number of nitrogens with one attached hydrogen (secondary N) is 1. The van der Waals surface area contributed by atoms with Crippen molar-refractivity contribution in [1.29, 1.82) is 0 Å². The lowest BCUT2D eigenvalue weighted by Gasteiger charge is -2.25. The van der Waals surface area contributed by atoms with Gasteiger partial charge in [-0.25, -0.2) is 8.42 Å². The van der Waals surface area contributed by atoms with Crippen LogP contribution in [-0.2, 0) is 21.4 Å². The summed E-state index contributed by atoms with van der Waals surface area (Å²) in [4.78, 5) is 11.9. The fraction of sp³-hybridized carbons (Fsp3) is 0.500. The standard InChI is InChI=1S/C14H22N2O3S/c1-4-12(2)16(20(3,18)19)11-14(17)15-10-13-8-6-5-7-9-13/h5-9,12H,4,10-11H2,1-3H3,(H,15,17). The van der Waals surface area contributed by atoms with E-state index in [0.717, 1.165) is 11.8 Å². The number of benzene rings is 1. The van der Waals surface area contributed by atoms with Crippen molar-refractivity contribution in [2.45, 2.75) is 32.9 Å². The van der Waals surface area contributed by atoms with Gasteiger partial charge in [-0.15, -0.1) is 0 Å². The van der Waals surface area contributed by atoms with Crippen molar-refractivity contribution in [1.82, 2.24) is 9.62 Å². The zero-order valence-electron chi connectivity index (χ0n) is 12.2. The molecule has 0 aliphatic heterocycles. The molecule has 0 aromatic heterocycles. The molecule has 1 N–H and O–H groups in total. The predicted octanol–water partition coefficient (Wildman–Crippen LogP) is 1.36. The van der Waals surface area contributed by atoms with E-state index in [4.69, 9.17) is 0 Å². The van der Waals surface area contributed by atoms with Gasteiger partial charge in [0.15, 0.2) is 0 Å². The van der Waals surface area contributed by atoms with Crippen molar-refractivity contribution in [2.75, 3.05) is 12.8 Å². The van der Waals surface area contributed by atoms with Gasteiger partial charge in [0.1, 0.15) is 0 Å². The summed E-state index contributed by atoms with van der Waals surface area (Å²) in [5, 5.41) is 2.74. The maximum absolute atomic E-state index is 11.9. The zero-order chi connectivity index (χ0) is 15.2. The van der Waals surface area contributed by atoms with Crippen LogP contribution < -0.4 is 5.32 Å². The Morgan fingerprint density at radius 1 is 1.30 bits per heavy atom. The average Bonchev–Trinajstić information content (AvgIpc) is 2.41. The summed E-state index contributed by atoms with van der Waals surface area (Å²) in [5.41, 5.74) is 0.982. The molecule has 1 atom stereocenters. The highest BCUT2D eigenvalue weighted by Crippen LogP contribution is 2.08. The van der Waals surface area contributed by atoms with Gasteiger partial charge in [0, 0.05) is 12.6 Å². The van der Waals surface area contributed by atoms with Crippen LogP contribution in [0.25, 0.3) is 0 Å². The summed E-state index contributed by atoms with van der Waals surface area (Å²) in [7, 11) is -3.38. The first-order valence-electron chi connectivity index (χ1n) is 6.62. The third kappa shape index (κ3) is 5.30. The molecule has 1 aromatic rings. The van der Waals surface area contributed by atoms with Crippen LogP contribution in [0.3, 0.4) is 0 Å². The second kappa shape index (κ2) is 7.40. The summed E-state index contributed by atoms with van der Waals surface area (Å²) < 4.78 is 24.6. The summed E-state index contributed by atoms with van der Waals surface area (Å²) in [6, 6.07) is 9.31. The molecule has 0 fully saturated rings. The van der Waals surface area contributed by atoms with E-state index in [0.29, 0.717) is 13.0 Å². The monoisotopic (exact) mass is 298 g/mol. The van der Waals surface area contributed by atoms with Crippen LogP contribution in [0.5, 0.6) is 0 Å². The number of rotatable bonds is 7. The minimum Gasteiger partial charge on any atom is -0.351 e. The van der Waals surface area contributed by atoms with E-state index in [1.165, 1.54) is 4.31 Å². The quantitative estimate of drug-likeness (QED) is 0.826. The number of hydrogen-bond acceptors (Lipinski definition) is 3. The summed E-state index contributed by atoms with van der Waals surface area (Å²) >= 11 is 0. The number of sulfonamides is 1. The van der Waals surface area contributed by atoms with Gasteiger partial charge < -0.3 is 5.32 Å². The molecule has 112 valence electrons. The Balaban J connectivity index is 2.59. The van der Waals surface area contributed by atoms with Gasteiger partial charge in [-0.05, 0) is 18.9 Å². The number of hydrogen-bond donors (Lipinski definition) is 1. The fourth-order valence-electron chi connectivity index (χ4n) is 1.80. The third-order valence-electron chi connectivity index (χ3n) is 3.14. The van der Waals surface area contributed by atoms with Crippen LogP contribution in [0.2, 0.25) is 0 Å². The lowest BCUT2D eigenvalue weighted by atomic mass is 10.2. The second-order valence-electron chi connectivity index (χ2n) is 4.83. The molecule has 0 heterocycles. The molecule has 0 saturated carbocycles. The minimum absolute atomic E-state index is 0.138. The first-order valence-corrected chi connectivity index (χ1v) is 8.47. The molecule has 1 aromatic carbocycles. The van der Waals surface area contributed by atoms with Crippen molar-refractivity contribution in [3.05, 3.63) is 35.9 Å². The Morgan fingerprint density at radius 2 is 1.90 bits per heavy atom. The van der Waals surface area contributed by atoms with E-state index in [1.54, 1.807) is 6.92 Å². The predicted molar refractivity (Wildman–Crippen MR) is 79.6 cm³/mol. The van der Waals surface area contributed by atoms with Crippen LogP contribution >= 0.6 is 0 Å². The van der Waals surface area contributed by atoms with Gasteiger partial charge in [0.05, 0.1) is 12.8 Å². The smallest absolute Gasteiger partial charge is 0.235 e. The topological polar surface area (TPSA) is 66.5 Å². The Morgan fingerprint density at radius 3 is 2.40 bits per heavy atom. The molecule has 0 aliphatic carbocycles. The van der Waals surface area contributed by atoms with E-state index in [1.807, 2.05) is 37.3 Å². The van der Waals surface area contributed by atoms with Crippen molar-refractivity contribution < 1.29 is 13.2 Å². The van der Waals surface area contributed by atoms with Crippen LogP contribution in [0, 0.1) is 0 Å². The van der Waals surface area contributed by atoms with E-state index < -0.39 is 10.0 Å². The molecule has 5 nitrogen and oxygen atoms in total. The van der Waals surface area contributed by atoms with Crippen molar-refractivity contribution in [3.8, 4) is 0 Å². The molecule has 1 unspecified atom stereocenters. The van der Waals surface area contributed by atoms with Gasteiger partial charge in [-0.2, -0.15) is 4.31 Å². The van der Waals surface area contributed by atoms with Crippen LogP contribution in [0.4, 0.5) is 0 Å². The molecule has 0 bridgehead atoms. The molecular formula is C14H22N2O3S. The number of amides is 1. The number of carbonyl (C=O) groups excluding carboxylic acids is 1. The molecule has 0 radical (unpaired) electrons. The highest BCUT2D eigenvalue weighted by molar-refractivity contribution is 7.88. The first kappa shape index (κ1) is 16.7. The Bertz CT molecular complexity index is 529. The van der Waals surface area contributed by atoms with Crippen LogP contribution in [0.15, 0.2) is 30.3 Å². The normalized spacial score (nSPS) is 13.2. The zero-order valence-corrected chi connectivity index (χ0v) is 13.0. The number of carbonyl (C=O) groups is 1. The van der Waals surface area contributed by atoms with Crippen molar-refractivity contribution >= 4 is 15.9 Å². The Labute approximate surface area is 121 Å². The summed E-state index contributed by atoms with van der Waals surface area (Å²) in [6.45, 7) is 3.95. The van der Waals surface area contributed by atoms with Gasteiger partial charge in [0.2, 0.25) is 15.9 Å². The van der Waals surface area contributed by atoms with Gasteiger partial charge in [-0.3, -0.25) is 4.79 Å². The molecule has 20 heavy (non-hydrogen) atoms. The SMILES string of the molecule is CCC(C)N(CC(=O)NCc1ccccc1)S(C)(=O)=O. The maximum Gasteiger partial charge on any atom is 0.235 e. The van der Waals surface area contributed by atoms with E-state index in [2.05, 4.69) is 5.32 Å². The minimum atomic E-state index is -3.38. The molecule has 0 saturated heterocycles. The molecule has 0 aliphatic rings. The number of nitrogens with zero attached hydrogens (tertiary/aromatic N) is 1. The summed E-state index contributed by atoms with van der Waals surface area (Å²) in [5.74, 6) is -0.292. The average molecular weight is 298 g/mol. The molecule has 1 rings (SSSR count). The van der Waals surface area contributed by atoms with Crippen molar-refractivity contribution in [3.63, 3.8) is 0 Å². The highest BCUT2D eigenvalue weighted by atomic mass is 32.2. The van der Waals surface area contributed by atoms with Gasteiger partial charge >= 0.3 is 0 Å². The van der Waals surface area contributed by atoms with Gasteiger partial charge in [0.25, 0.3) is 0 Å². The largest absolute Gasteiger partial charge is 0.351 e. The maximum atomic E-state index is 11.9. The molecular weight excluding hydrogens is 276 g/mol. The molecule has 0 spiro atoms. The highest BCUT2D eigenvalue weighted by Gasteiger charge is 2.24. The Kier molecular flexibility index (Phi) is 6.16. The lowest BCUT2D eigenvalue weighted by Crippen LogP contribution is -2.44. The van der Waals surface area contributed by atoms with Crippen molar-refractivity contribution in [2.24, 2.45) is 0 Å². The van der Waals surface area contributed by atoms with Gasteiger partial charge in [-0.1, -0.05) is 37.3 Å². The van der Waals surface area contributed by atoms with E-state index >= 15 is 0 Å². The molecule has 6 heteroatoms. The summed E-state index contributed by atoms with van der Waals surface area (Å²) in [6.07, 6.45) is 1.79. The first-order chi connectivity index (χ1) is 9.34. The van der Waals surface area contributed by atoms with Crippen LogP contribution in [0.1, 0.15) is 25.8 Å². The Hall–Kier alpha value is -1.40. The molecule has 1 amide bonds. The lowest BCUT2D eigenvalue weighted by molar-refractivity contribution is -0.121.